The molecule has 6 heteroatoms. The number of nitrogens with two attached hydrogens (primary N) is 1. The lowest BCUT2D eigenvalue weighted by molar-refractivity contribution is 0.0740. The molecule has 36 heavy (non-hydrogen) atoms. The van der Waals surface area contributed by atoms with E-state index in [0.29, 0.717) is 23.7 Å². The number of benzene rings is 3. The van der Waals surface area contributed by atoms with Gasteiger partial charge < -0.3 is 15.4 Å². The van der Waals surface area contributed by atoms with Crippen LogP contribution in [0.15, 0.2) is 84.9 Å². The maximum absolute atomic E-state index is 13.7. The average Bonchev–Trinajstić information content (AvgIpc) is 3.28. The topological polar surface area (TPSA) is 68.5 Å². The van der Waals surface area contributed by atoms with Crippen molar-refractivity contribution in [2.75, 3.05) is 19.4 Å². The first-order valence-corrected chi connectivity index (χ1v) is 12.7. The zero-order valence-corrected chi connectivity index (χ0v) is 20.7. The summed E-state index contributed by atoms with van der Waals surface area (Å²) < 4.78 is 5.35. The Kier molecular flexibility index (Phi) is 5.66. The fraction of sp³-hybridized carbons (Fsp3) is 0.133. The molecular weight excluding hydrogens is 466 g/mol. The number of carbonyl (C=O) groups excluding carboxylic acids is 1. The molecule has 0 saturated heterocycles. The molecule has 1 amide bonds. The molecule has 5 nitrogen and oxygen atoms in total. The Morgan fingerprint density at radius 2 is 1.67 bits per heavy atom. The van der Waals surface area contributed by atoms with E-state index in [1.807, 2.05) is 65.6 Å². The lowest BCUT2D eigenvalue weighted by Gasteiger charge is -2.28. The van der Waals surface area contributed by atoms with Gasteiger partial charge in [0, 0.05) is 24.0 Å². The first-order valence-electron chi connectivity index (χ1n) is 11.9. The number of hydrogen-bond acceptors (Lipinski definition) is 5. The zero-order valence-electron chi connectivity index (χ0n) is 19.9. The summed E-state index contributed by atoms with van der Waals surface area (Å²) in [6.07, 6.45) is 0.847. The van der Waals surface area contributed by atoms with E-state index in [9.17, 15) is 4.79 Å². The average molecular weight is 492 g/mol. The van der Waals surface area contributed by atoms with Crippen LogP contribution in [0.4, 0.5) is 5.69 Å². The number of nitrogens with zero attached hydrogens (tertiary/aromatic N) is 2. The molecule has 0 aliphatic carbocycles. The summed E-state index contributed by atoms with van der Waals surface area (Å²) in [7, 11) is 1.65. The summed E-state index contributed by atoms with van der Waals surface area (Å²) in [6.45, 7) is 1.27. The molecule has 3 heterocycles. The minimum Gasteiger partial charge on any atom is -0.497 e. The van der Waals surface area contributed by atoms with Gasteiger partial charge in [-0.15, -0.1) is 11.3 Å². The Hall–Kier alpha value is -4.16. The molecular formula is C30H25N3O2S. The highest BCUT2D eigenvalue weighted by Crippen LogP contribution is 2.42. The summed E-state index contributed by atoms with van der Waals surface area (Å²) in [5, 5.41) is 0.825. The number of pyridine rings is 1. The van der Waals surface area contributed by atoms with Gasteiger partial charge in [0.25, 0.3) is 5.91 Å². The zero-order chi connectivity index (χ0) is 24.6. The predicted octanol–water partition coefficient (Wildman–Crippen LogP) is 6.42. The largest absolute Gasteiger partial charge is 0.497 e. The van der Waals surface area contributed by atoms with Crippen LogP contribution in [0.5, 0.6) is 5.75 Å². The van der Waals surface area contributed by atoms with Gasteiger partial charge in [-0.1, -0.05) is 66.7 Å². The molecule has 1 aliphatic heterocycles. The first kappa shape index (κ1) is 22.3. The van der Waals surface area contributed by atoms with E-state index in [1.54, 1.807) is 7.11 Å². The van der Waals surface area contributed by atoms with E-state index in [1.165, 1.54) is 22.5 Å². The van der Waals surface area contributed by atoms with Gasteiger partial charge >= 0.3 is 0 Å². The molecule has 6 rings (SSSR count). The molecule has 0 fully saturated rings. The Morgan fingerprint density at radius 3 is 2.42 bits per heavy atom. The van der Waals surface area contributed by atoms with Gasteiger partial charge in [0.15, 0.2) is 0 Å². The second kappa shape index (κ2) is 9.13. The maximum Gasteiger partial charge on any atom is 0.266 e. The van der Waals surface area contributed by atoms with Crippen LogP contribution in [-0.4, -0.2) is 29.4 Å². The standard InChI is InChI=1S/C30H25N3O2S/c1-35-23-13-11-20(12-14-23)24-17-25(21-8-3-2-4-9-21)32-29-26(24)27(31)28(36-29)30(34)33-16-15-19-7-5-6-10-22(19)18-33/h2-14,17H,15-16,18,31H2,1H3. The van der Waals surface area contributed by atoms with Crippen LogP contribution in [0.25, 0.3) is 32.6 Å². The SMILES string of the molecule is COc1ccc(-c2cc(-c3ccccc3)nc3sc(C(=O)N4CCc5ccccc5C4)c(N)c23)cc1. The minimum atomic E-state index is -0.0352. The Balaban J connectivity index is 1.48. The smallest absolute Gasteiger partial charge is 0.266 e. The van der Waals surface area contributed by atoms with Crippen molar-refractivity contribution in [1.82, 2.24) is 9.88 Å². The summed E-state index contributed by atoms with van der Waals surface area (Å²) >= 11 is 1.38. The molecule has 178 valence electrons. The van der Waals surface area contributed by atoms with Crippen molar-refractivity contribution in [3.8, 4) is 28.1 Å². The van der Waals surface area contributed by atoms with Crippen LogP contribution < -0.4 is 10.5 Å². The van der Waals surface area contributed by atoms with Crippen molar-refractivity contribution in [2.24, 2.45) is 0 Å². The Bertz CT molecular complexity index is 1580. The Morgan fingerprint density at radius 1 is 0.944 bits per heavy atom. The van der Waals surface area contributed by atoms with Gasteiger partial charge in [-0.2, -0.15) is 0 Å². The van der Waals surface area contributed by atoms with Crippen LogP contribution in [0.3, 0.4) is 0 Å². The van der Waals surface area contributed by atoms with E-state index in [4.69, 9.17) is 15.5 Å². The fourth-order valence-corrected chi connectivity index (χ4v) is 5.94. The Labute approximate surface area is 213 Å². The summed E-state index contributed by atoms with van der Waals surface area (Å²) in [5.74, 6) is 0.749. The number of aromatic nitrogens is 1. The lowest BCUT2D eigenvalue weighted by atomic mass is 9.98. The second-order valence-electron chi connectivity index (χ2n) is 8.92. The van der Waals surface area contributed by atoms with Crippen molar-refractivity contribution in [3.05, 3.63) is 101 Å². The van der Waals surface area contributed by atoms with Crippen molar-refractivity contribution < 1.29 is 9.53 Å². The maximum atomic E-state index is 13.7. The molecule has 0 spiro atoms. The molecule has 0 unspecified atom stereocenters. The molecule has 0 saturated carbocycles. The van der Waals surface area contributed by atoms with Crippen LogP contribution in [0, 0.1) is 0 Å². The van der Waals surface area contributed by atoms with E-state index in [0.717, 1.165) is 44.8 Å². The highest BCUT2D eigenvalue weighted by molar-refractivity contribution is 7.21. The third kappa shape index (κ3) is 3.89. The molecule has 0 radical (unpaired) electrons. The van der Waals surface area contributed by atoms with Gasteiger partial charge in [-0.3, -0.25) is 4.79 Å². The van der Waals surface area contributed by atoms with Gasteiger partial charge in [-0.25, -0.2) is 4.98 Å². The van der Waals surface area contributed by atoms with E-state index < -0.39 is 0 Å². The number of ether oxygens (including phenoxy) is 1. The van der Waals surface area contributed by atoms with E-state index in [2.05, 4.69) is 24.3 Å². The fourth-order valence-electron chi connectivity index (χ4n) is 4.85. The number of anilines is 1. The number of thiophene rings is 1. The van der Waals surface area contributed by atoms with Crippen molar-refractivity contribution >= 4 is 33.1 Å². The van der Waals surface area contributed by atoms with Crippen LogP contribution in [0.2, 0.25) is 0 Å². The minimum absolute atomic E-state index is 0.0352. The summed E-state index contributed by atoms with van der Waals surface area (Å²) in [5.41, 5.74) is 13.5. The lowest BCUT2D eigenvalue weighted by Crippen LogP contribution is -2.35. The van der Waals surface area contributed by atoms with Gasteiger partial charge in [0.2, 0.25) is 0 Å². The van der Waals surface area contributed by atoms with E-state index in [-0.39, 0.29) is 5.91 Å². The highest BCUT2D eigenvalue weighted by atomic mass is 32.1. The molecule has 2 aromatic heterocycles. The third-order valence-electron chi connectivity index (χ3n) is 6.78. The number of amides is 1. The molecule has 0 atom stereocenters. The summed E-state index contributed by atoms with van der Waals surface area (Å²) in [6, 6.07) is 28.4. The number of rotatable bonds is 4. The first-order chi connectivity index (χ1) is 17.6. The normalized spacial score (nSPS) is 13.0. The van der Waals surface area contributed by atoms with Gasteiger partial charge in [-0.05, 0) is 46.9 Å². The van der Waals surface area contributed by atoms with Crippen molar-refractivity contribution in [3.63, 3.8) is 0 Å². The van der Waals surface area contributed by atoms with Crippen molar-refractivity contribution in [1.29, 1.82) is 0 Å². The number of hydrogen-bond donors (Lipinski definition) is 1. The predicted molar refractivity (Wildman–Crippen MR) is 146 cm³/mol. The number of carbonyl (C=O) groups is 1. The molecule has 3 aromatic carbocycles. The van der Waals surface area contributed by atoms with Crippen LogP contribution in [-0.2, 0) is 13.0 Å². The molecule has 0 bridgehead atoms. The van der Waals surface area contributed by atoms with Gasteiger partial charge in [0.1, 0.15) is 15.5 Å². The quantitative estimate of drug-likeness (QED) is 0.315. The number of fused-ring (bicyclic) bond motifs is 2. The molecule has 5 aromatic rings. The second-order valence-corrected chi connectivity index (χ2v) is 9.92. The highest BCUT2D eigenvalue weighted by Gasteiger charge is 2.27. The van der Waals surface area contributed by atoms with E-state index >= 15 is 0 Å². The molecule has 2 N–H and O–H groups in total. The third-order valence-corrected chi connectivity index (χ3v) is 7.87. The summed E-state index contributed by atoms with van der Waals surface area (Å²) in [4.78, 5) is 21.9. The van der Waals surface area contributed by atoms with Crippen LogP contribution >= 0.6 is 11.3 Å². The monoisotopic (exact) mass is 491 g/mol. The van der Waals surface area contributed by atoms with Crippen LogP contribution in [0.1, 0.15) is 20.8 Å². The van der Waals surface area contributed by atoms with Gasteiger partial charge in [0.05, 0.1) is 18.5 Å². The number of nitrogen functional groups attached to an aromatic ring is 1. The molecule has 1 aliphatic rings. The van der Waals surface area contributed by atoms with Crippen molar-refractivity contribution in [2.45, 2.75) is 13.0 Å². The number of methoxy groups -OCH3 is 1.